The number of phenols is 1. The summed E-state index contributed by atoms with van der Waals surface area (Å²) >= 11 is 6.22. The van der Waals surface area contributed by atoms with E-state index in [9.17, 15) is 14.7 Å². The summed E-state index contributed by atoms with van der Waals surface area (Å²) in [5.41, 5.74) is 1.32. The predicted octanol–water partition coefficient (Wildman–Crippen LogP) is 4.93. The van der Waals surface area contributed by atoms with Crippen LogP contribution in [0.25, 0.3) is 0 Å². The number of rotatable bonds is 7. The lowest BCUT2D eigenvalue weighted by Gasteiger charge is -2.31. The normalized spacial score (nSPS) is 11.2. The Kier molecular flexibility index (Phi) is 11.3. The molecular weight excluding hydrogens is 484 g/mol. The fourth-order valence-electron chi connectivity index (χ4n) is 3.43. The summed E-state index contributed by atoms with van der Waals surface area (Å²) in [4.78, 5) is 45.4. The molecule has 2 rings (SSSR count). The van der Waals surface area contributed by atoms with E-state index in [1.807, 2.05) is 39.0 Å². The number of hydrogen-bond acceptors (Lipinski definition) is 7. The van der Waals surface area contributed by atoms with Crippen LogP contribution in [-0.4, -0.2) is 53.8 Å². The molecule has 0 atom stereocenters. The second-order valence-corrected chi connectivity index (χ2v) is 11.0. The van der Waals surface area contributed by atoms with E-state index in [1.165, 1.54) is 17.0 Å². The Bertz CT molecular complexity index is 1080. The molecule has 0 spiro atoms. The standard InChI is InChI=1S/C26H35ClN2O4.CO2/c1-25(2,3)17-29(16-23(31)28(7)22-12-11-20(30)14-21(22)27)15-18-9-8-10-19(13-18)24(32)33-26(4,5)6;2-1-3/h8-14,30H,15-17H2,1-7H3;. The van der Waals surface area contributed by atoms with Gasteiger partial charge in [0.05, 0.1) is 22.8 Å². The Morgan fingerprint density at radius 2 is 1.64 bits per heavy atom. The first-order valence-electron chi connectivity index (χ1n) is 11.4. The lowest BCUT2D eigenvalue weighted by molar-refractivity contribution is -0.191. The minimum Gasteiger partial charge on any atom is -0.508 e. The van der Waals surface area contributed by atoms with Crippen molar-refractivity contribution in [2.75, 3.05) is 25.0 Å². The number of carbonyl (C=O) groups excluding carboxylic acids is 4. The first kappa shape index (κ1) is 30.8. The molecule has 0 aliphatic heterocycles. The van der Waals surface area contributed by atoms with Crippen LogP contribution in [-0.2, 0) is 25.7 Å². The quantitative estimate of drug-likeness (QED) is 0.518. The summed E-state index contributed by atoms with van der Waals surface area (Å²) in [6.45, 7) is 13.2. The number of esters is 1. The second kappa shape index (κ2) is 13.2. The molecule has 36 heavy (non-hydrogen) atoms. The zero-order valence-electron chi connectivity index (χ0n) is 21.9. The van der Waals surface area contributed by atoms with E-state index < -0.39 is 5.60 Å². The summed E-state index contributed by atoms with van der Waals surface area (Å²) in [7, 11) is 1.67. The van der Waals surface area contributed by atoms with Crippen molar-refractivity contribution in [2.45, 2.75) is 53.7 Å². The topological polar surface area (TPSA) is 104 Å². The Balaban J connectivity index is 0.00000205. The van der Waals surface area contributed by atoms with Gasteiger partial charge in [-0.05, 0) is 56.0 Å². The molecule has 0 aliphatic rings. The highest BCUT2D eigenvalue weighted by Crippen LogP contribution is 2.29. The number of amides is 1. The van der Waals surface area contributed by atoms with Crippen molar-refractivity contribution < 1.29 is 29.0 Å². The van der Waals surface area contributed by atoms with Crippen molar-refractivity contribution in [1.82, 2.24) is 4.90 Å². The number of carbonyl (C=O) groups is 2. The van der Waals surface area contributed by atoms with E-state index >= 15 is 0 Å². The van der Waals surface area contributed by atoms with Gasteiger partial charge in [0.2, 0.25) is 5.91 Å². The lowest BCUT2D eigenvalue weighted by Crippen LogP contribution is -2.41. The van der Waals surface area contributed by atoms with Crippen LogP contribution in [0.4, 0.5) is 5.69 Å². The molecule has 9 heteroatoms. The molecule has 0 saturated heterocycles. The number of anilines is 1. The highest BCUT2D eigenvalue weighted by atomic mass is 35.5. The summed E-state index contributed by atoms with van der Waals surface area (Å²) in [6, 6.07) is 11.8. The molecule has 2 aromatic carbocycles. The molecule has 0 saturated carbocycles. The first-order chi connectivity index (χ1) is 16.6. The van der Waals surface area contributed by atoms with Crippen molar-refractivity contribution in [2.24, 2.45) is 5.41 Å². The molecule has 1 N–H and O–H groups in total. The molecule has 0 heterocycles. The number of halogens is 1. The van der Waals surface area contributed by atoms with Gasteiger partial charge in [-0.15, -0.1) is 0 Å². The van der Waals surface area contributed by atoms with Crippen LogP contribution in [0.2, 0.25) is 5.02 Å². The van der Waals surface area contributed by atoms with Crippen LogP contribution in [0.5, 0.6) is 5.75 Å². The number of ether oxygens (including phenoxy) is 1. The van der Waals surface area contributed by atoms with E-state index in [2.05, 4.69) is 25.7 Å². The Labute approximate surface area is 217 Å². The third-order valence-corrected chi connectivity index (χ3v) is 4.99. The summed E-state index contributed by atoms with van der Waals surface area (Å²) in [5, 5.41) is 9.89. The number of phenolic OH excluding ortho intramolecular Hbond substituents is 1. The molecule has 0 aromatic heterocycles. The third-order valence-electron chi connectivity index (χ3n) is 4.69. The smallest absolute Gasteiger partial charge is 0.373 e. The van der Waals surface area contributed by atoms with Gasteiger partial charge in [0.1, 0.15) is 11.4 Å². The highest BCUT2D eigenvalue weighted by molar-refractivity contribution is 6.34. The molecule has 0 bridgehead atoms. The van der Waals surface area contributed by atoms with Crippen LogP contribution < -0.4 is 4.90 Å². The molecule has 0 fully saturated rings. The lowest BCUT2D eigenvalue weighted by atomic mass is 9.95. The monoisotopic (exact) mass is 518 g/mol. The summed E-state index contributed by atoms with van der Waals surface area (Å²) in [5.74, 6) is -0.455. The van der Waals surface area contributed by atoms with Gasteiger partial charge < -0.3 is 14.7 Å². The van der Waals surface area contributed by atoms with Gasteiger partial charge in [0.15, 0.2) is 0 Å². The van der Waals surface area contributed by atoms with Crippen LogP contribution in [0, 0.1) is 5.41 Å². The van der Waals surface area contributed by atoms with E-state index in [0.717, 1.165) is 5.56 Å². The summed E-state index contributed by atoms with van der Waals surface area (Å²) < 4.78 is 5.49. The predicted molar refractivity (Wildman–Crippen MR) is 138 cm³/mol. The molecule has 1 amide bonds. The zero-order chi connectivity index (χ0) is 27.7. The van der Waals surface area contributed by atoms with Gasteiger partial charge in [-0.1, -0.05) is 44.5 Å². The maximum Gasteiger partial charge on any atom is 0.373 e. The maximum atomic E-state index is 13.1. The Hall–Kier alpha value is -3.19. The molecule has 0 aliphatic carbocycles. The number of aromatic hydroxyl groups is 1. The van der Waals surface area contributed by atoms with E-state index in [-0.39, 0.29) is 35.7 Å². The maximum absolute atomic E-state index is 13.1. The van der Waals surface area contributed by atoms with E-state index in [1.54, 1.807) is 19.2 Å². The molecule has 196 valence electrons. The Morgan fingerprint density at radius 3 is 2.17 bits per heavy atom. The van der Waals surface area contributed by atoms with E-state index in [4.69, 9.17) is 25.9 Å². The number of hydrogen-bond donors (Lipinski definition) is 1. The fraction of sp³-hybridized carbons (Fsp3) is 0.444. The van der Waals surface area contributed by atoms with Crippen molar-refractivity contribution >= 4 is 35.3 Å². The average Bonchev–Trinajstić information content (AvgIpc) is 2.71. The SMILES string of the molecule is CN(C(=O)CN(Cc1cccc(C(=O)OC(C)(C)C)c1)CC(C)(C)C)c1ccc(O)cc1Cl.O=C=O. The van der Waals surface area contributed by atoms with Gasteiger partial charge in [0, 0.05) is 26.2 Å². The van der Waals surface area contributed by atoms with Crippen LogP contribution in [0.1, 0.15) is 57.5 Å². The van der Waals surface area contributed by atoms with Crippen LogP contribution >= 0.6 is 11.6 Å². The largest absolute Gasteiger partial charge is 0.508 e. The van der Waals surface area contributed by atoms with Crippen LogP contribution in [0.15, 0.2) is 42.5 Å². The minimum atomic E-state index is -0.572. The molecule has 2 aromatic rings. The van der Waals surface area contributed by atoms with Crippen molar-refractivity contribution in [1.29, 1.82) is 0 Å². The molecule has 0 radical (unpaired) electrons. The highest BCUT2D eigenvalue weighted by Gasteiger charge is 2.23. The van der Waals surface area contributed by atoms with Gasteiger partial charge in [-0.25, -0.2) is 4.79 Å². The number of nitrogens with zero attached hydrogens (tertiary/aromatic N) is 2. The Morgan fingerprint density at radius 1 is 1.03 bits per heavy atom. The van der Waals surface area contributed by atoms with Crippen molar-refractivity contribution in [3.63, 3.8) is 0 Å². The van der Waals surface area contributed by atoms with Crippen molar-refractivity contribution in [3.05, 3.63) is 58.6 Å². The number of likely N-dealkylation sites (N-methyl/N-ethyl adjacent to an activating group) is 1. The van der Waals surface area contributed by atoms with Crippen LogP contribution in [0.3, 0.4) is 0 Å². The van der Waals surface area contributed by atoms with Gasteiger partial charge in [0.25, 0.3) is 0 Å². The minimum absolute atomic E-state index is 0.0438. The zero-order valence-corrected chi connectivity index (χ0v) is 22.7. The van der Waals surface area contributed by atoms with Gasteiger partial charge >= 0.3 is 12.1 Å². The van der Waals surface area contributed by atoms with E-state index in [0.29, 0.717) is 29.4 Å². The van der Waals surface area contributed by atoms with Crippen molar-refractivity contribution in [3.8, 4) is 5.75 Å². The first-order valence-corrected chi connectivity index (χ1v) is 11.7. The molecule has 8 nitrogen and oxygen atoms in total. The molecule has 0 unspecified atom stereocenters. The van der Waals surface area contributed by atoms with Gasteiger partial charge in [-0.3, -0.25) is 9.69 Å². The number of benzene rings is 2. The molecular formula is C27H35ClN2O6. The summed E-state index contributed by atoms with van der Waals surface area (Å²) in [6.07, 6.45) is 0.250. The fourth-order valence-corrected chi connectivity index (χ4v) is 3.73. The average molecular weight is 519 g/mol. The second-order valence-electron chi connectivity index (χ2n) is 10.6. The van der Waals surface area contributed by atoms with Gasteiger partial charge in [-0.2, -0.15) is 9.59 Å². The third kappa shape index (κ3) is 11.0.